The summed E-state index contributed by atoms with van der Waals surface area (Å²) in [6, 6.07) is 8.98. The molecule has 5 nitrogen and oxygen atoms in total. The lowest BCUT2D eigenvalue weighted by molar-refractivity contribution is -0.138. The predicted molar refractivity (Wildman–Crippen MR) is 86.4 cm³/mol. The van der Waals surface area contributed by atoms with Gasteiger partial charge in [0.2, 0.25) is 5.91 Å². The molecular formula is C15H15ClN2O3S. The Balaban J connectivity index is 2.07. The molecule has 2 unspecified atom stereocenters. The van der Waals surface area contributed by atoms with E-state index in [0.29, 0.717) is 22.8 Å². The number of nitrogens with zero attached hydrogens (tertiary/aromatic N) is 1. The van der Waals surface area contributed by atoms with Crippen molar-refractivity contribution in [3.8, 4) is 0 Å². The Morgan fingerprint density at radius 3 is 2.64 bits per heavy atom. The highest BCUT2D eigenvalue weighted by Gasteiger charge is 2.22. The Morgan fingerprint density at radius 2 is 2.05 bits per heavy atom. The summed E-state index contributed by atoms with van der Waals surface area (Å²) < 4.78 is 0. The fourth-order valence-electron chi connectivity index (χ4n) is 1.96. The molecule has 0 saturated carbocycles. The van der Waals surface area contributed by atoms with Crippen LogP contribution in [0.5, 0.6) is 0 Å². The van der Waals surface area contributed by atoms with Crippen LogP contribution in [-0.2, 0) is 9.59 Å². The van der Waals surface area contributed by atoms with E-state index in [1.54, 1.807) is 36.6 Å². The van der Waals surface area contributed by atoms with Crippen LogP contribution in [0.15, 0.2) is 35.7 Å². The summed E-state index contributed by atoms with van der Waals surface area (Å²) >= 11 is 7.31. The Morgan fingerprint density at radius 1 is 1.36 bits per heavy atom. The van der Waals surface area contributed by atoms with Crippen molar-refractivity contribution < 1.29 is 14.7 Å². The van der Waals surface area contributed by atoms with Crippen molar-refractivity contribution >= 4 is 39.9 Å². The van der Waals surface area contributed by atoms with Crippen molar-refractivity contribution in [2.24, 2.45) is 0 Å². The zero-order valence-corrected chi connectivity index (χ0v) is 13.4. The van der Waals surface area contributed by atoms with Gasteiger partial charge >= 0.3 is 5.97 Å². The molecule has 1 aromatic heterocycles. The first-order valence-electron chi connectivity index (χ1n) is 6.71. The van der Waals surface area contributed by atoms with E-state index in [4.69, 9.17) is 16.7 Å². The minimum atomic E-state index is -0.926. The van der Waals surface area contributed by atoms with Gasteiger partial charge in [-0.2, -0.15) is 0 Å². The maximum atomic E-state index is 12.1. The van der Waals surface area contributed by atoms with E-state index in [0.717, 1.165) is 0 Å². The summed E-state index contributed by atoms with van der Waals surface area (Å²) in [5.74, 6) is -1.98. The first-order valence-corrected chi connectivity index (χ1v) is 8.02. The molecule has 0 spiro atoms. The zero-order chi connectivity index (χ0) is 16.1. The summed E-state index contributed by atoms with van der Waals surface area (Å²) in [6.07, 6.45) is 0.439. The molecule has 1 aromatic carbocycles. The summed E-state index contributed by atoms with van der Waals surface area (Å²) in [5, 5.41) is 12.9. The first kappa shape index (κ1) is 16.5. The van der Waals surface area contributed by atoms with Crippen LogP contribution >= 0.6 is 22.9 Å². The largest absolute Gasteiger partial charge is 0.481 e. The van der Waals surface area contributed by atoms with Crippen molar-refractivity contribution in [1.29, 1.82) is 0 Å². The van der Waals surface area contributed by atoms with Crippen molar-refractivity contribution in [3.05, 3.63) is 47.0 Å². The van der Waals surface area contributed by atoms with Gasteiger partial charge in [0.15, 0.2) is 5.13 Å². The van der Waals surface area contributed by atoms with Gasteiger partial charge in [-0.15, -0.1) is 22.9 Å². The maximum absolute atomic E-state index is 12.1. The van der Waals surface area contributed by atoms with Gasteiger partial charge in [0.25, 0.3) is 0 Å². The molecule has 0 fully saturated rings. The van der Waals surface area contributed by atoms with Crippen molar-refractivity contribution in [3.63, 3.8) is 0 Å². The molecule has 1 heterocycles. The summed E-state index contributed by atoms with van der Waals surface area (Å²) in [4.78, 5) is 27.4. The van der Waals surface area contributed by atoms with Crippen LogP contribution in [0.3, 0.4) is 0 Å². The number of anilines is 1. The molecule has 0 aliphatic heterocycles. The lowest BCUT2D eigenvalue weighted by Crippen LogP contribution is -2.17. The highest BCUT2D eigenvalue weighted by Crippen LogP contribution is 2.27. The van der Waals surface area contributed by atoms with Crippen LogP contribution in [0.4, 0.5) is 5.13 Å². The number of halogens is 1. The van der Waals surface area contributed by atoms with Gasteiger partial charge in [0.05, 0.1) is 11.6 Å². The van der Waals surface area contributed by atoms with Crippen molar-refractivity contribution in [2.45, 2.75) is 24.6 Å². The molecule has 22 heavy (non-hydrogen) atoms. The molecule has 1 amide bonds. The maximum Gasteiger partial charge on any atom is 0.312 e. The van der Waals surface area contributed by atoms with E-state index in [1.807, 2.05) is 6.07 Å². The van der Waals surface area contributed by atoms with E-state index in [2.05, 4.69) is 10.3 Å². The number of hydrogen-bond donors (Lipinski definition) is 2. The van der Waals surface area contributed by atoms with Gasteiger partial charge in [-0.05, 0) is 12.0 Å². The van der Waals surface area contributed by atoms with Crippen molar-refractivity contribution in [2.75, 3.05) is 5.32 Å². The molecule has 0 bridgehead atoms. The zero-order valence-electron chi connectivity index (χ0n) is 11.8. The van der Waals surface area contributed by atoms with Crippen LogP contribution in [0, 0.1) is 0 Å². The molecule has 2 aromatic rings. The normalized spacial score (nSPS) is 13.4. The van der Waals surface area contributed by atoms with Gasteiger partial charge in [0.1, 0.15) is 5.38 Å². The molecule has 0 radical (unpaired) electrons. The minimum Gasteiger partial charge on any atom is -0.481 e. The number of nitrogens with one attached hydrogen (secondary N) is 1. The third-order valence-corrected chi connectivity index (χ3v) is 4.36. The lowest BCUT2D eigenvalue weighted by atomic mass is 10.0. The van der Waals surface area contributed by atoms with E-state index >= 15 is 0 Å². The monoisotopic (exact) mass is 338 g/mol. The third kappa shape index (κ3) is 3.84. The molecule has 116 valence electrons. The SMILES string of the molecule is CCC(C(=O)O)c1csc(NC(=O)C(Cl)c2ccccc2)n1. The molecule has 2 atom stereocenters. The second kappa shape index (κ2) is 7.38. The minimum absolute atomic E-state index is 0.348. The van der Waals surface area contributed by atoms with Gasteiger partial charge in [-0.3, -0.25) is 9.59 Å². The number of rotatable bonds is 6. The average Bonchev–Trinajstić information content (AvgIpc) is 2.95. The lowest BCUT2D eigenvalue weighted by Gasteiger charge is -2.09. The highest BCUT2D eigenvalue weighted by atomic mass is 35.5. The van der Waals surface area contributed by atoms with E-state index in [1.165, 1.54) is 11.3 Å². The van der Waals surface area contributed by atoms with Gasteiger partial charge in [-0.25, -0.2) is 4.98 Å². The van der Waals surface area contributed by atoms with Crippen LogP contribution < -0.4 is 5.32 Å². The number of benzene rings is 1. The number of carboxylic acids is 1. The Bertz CT molecular complexity index is 660. The van der Waals surface area contributed by atoms with Gasteiger partial charge in [0, 0.05) is 5.38 Å². The van der Waals surface area contributed by atoms with Crippen LogP contribution in [0.25, 0.3) is 0 Å². The average molecular weight is 339 g/mol. The van der Waals surface area contributed by atoms with E-state index < -0.39 is 23.2 Å². The molecule has 2 N–H and O–H groups in total. The van der Waals surface area contributed by atoms with Crippen LogP contribution in [0.2, 0.25) is 0 Å². The van der Waals surface area contributed by atoms with Gasteiger partial charge in [-0.1, -0.05) is 37.3 Å². The Kier molecular flexibility index (Phi) is 5.51. The summed E-state index contributed by atoms with van der Waals surface area (Å²) in [7, 11) is 0. The second-order valence-electron chi connectivity index (χ2n) is 4.64. The van der Waals surface area contributed by atoms with E-state index in [-0.39, 0.29) is 0 Å². The second-order valence-corrected chi connectivity index (χ2v) is 5.93. The smallest absolute Gasteiger partial charge is 0.312 e. The summed E-state index contributed by atoms with van der Waals surface area (Å²) in [5.41, 5.74) is 1.14. The van der Waals surface area contributed by atoms with Gasteiger partial charge < -0.3 is 10.4 Å². The van der Waals surface area contributed by atoms with Crippen molar-refractivity contribution in [1.82, 2.24) is 4.98 Å². The number of carbonyl (C=O) groups excluding carboxylic acids is 1. The number of hydrogen-bond acceptors (Lipinski definition) is 4. The Labute approximate surface area is 137 Å². The fraction of sp³-hybridized carbons (Fsp3) is 0.267. The quantitative estimate of drug-likeness (QED) is 0.788. The fourth-order valence-corrected chi connectivity index (χ4v) is 2.92. The number of amides is 1. The molecular weight excluding hydrogens is 324 g/mol. The first-order chi connectivity index (χ1) is 10.5. The predicted octanol–water partition coefficient (Wildman–Crippen LogP) is 3.64. The molecule has 2 rings (SSSR count). The van der Waals surface area contributed by atoms with Crippen LogP contribution in [0.1, 0.15) is 35.9 Å². The number of carbonyl (C=O) groups is 2. The Hall–Kier alpha value is -1.92. The third-order valence-electron chi connectivity index (χ3n) is 3.14. The molecule has 0 aliphatic carbocycles. The number of carboxylic acid groups (broad SMARTS) is 1. The topological polar surface area (TPSA) is 79.3 Å². The molecule has 7 heteroatoms. The van der Waals surface area contributed by atoms with E-state index in [9.17, 15) is 9.59 Å². The number of alkyl halides is 1. The summed E-state index contributed by atoms with van der Waals surface area (Å²) in [6.45, 7) is 1.78. The standard InChI is InChI=1S/C15H15ClN2O3S/c1-2-10(14(20)21)11-8-22-15(17-11)18-13(19)12(16)9-6-4-3-5-7-9/h3-8,10,12H,2H2,1H3,(H,20,21)(H,17,18,19). The molecule has 0 aliphatic rings. The number of aromatic nitrogens is 1. The van der Waals surface area contributed by atoms with Crippen LogP contribution in [-0.4, -0.2) is 22.0 Å². The number of thiazole rings is 1. The molecule has 0 saturated heterocycles. The number of aliphatic carboxylic acids is 1. The highest BCUT2D eigenvalue weighted by molar-refractivity contribution is 7.14.